The Hall–Kier alpha value is -1.50. The minimum atomic E-state index is 0.834. The van der Waals surface area contributed by atoms with Gasteiger partial charge in [0.05, 0.1) is 0 Å². The van der Waals surface area contributed by atoms with E-state index in [0.717, 1.165) is 17.7 Å². The molecule has 0 unspecified atom stereocenters. The number of rotatable bonds is 4. The quantitative estimate of drug-likeness (QED) is 0.673. The van der Waals surface area contributed by atoms with E-state index in [1.54, 1.807) is 0 Å². The van der Waals surface area contributed by atoms with Crippen molar-refractivity contribution in [3.63, 3.8) is 0 Å². The summed E-state index contributed by atoms with van der Waals surface area (Å²) in [5, 5.41) is 0. The molecule has 15 heavy (non-hydrogen) atoms. The lowest BCUT2D eigenvalue weighted by molar-refractivity contribution is 0.984. The zero-order valence-corrected chi connectivity index (χ0v) is 9.88. The van der Waals surface area contributed by atoms with Crippen LogP contribution >= 0.6 is 0 Å². The van der Waals surface area contributed by atoms with Gasteiger partial charge in [-0.25, -0.2) is 0 Å². The van der Waals surface area contributed by atoms with Crippen LogP contribution in [-0.2, 0) is 0 Å². The highest BCUT2D eigenvalue weighted by molar-refractivity contribution is 5.53. The molecule has 0 radical (unpaired) electrons. The second-order valence-corrected chi connectivity index (χ2v) is 4.03. The van der Waals surface area contributed by atoms with Crippen molar-refractivity contribution in [3.05, 3.63) is 54.1 Å². The van der Waals surface area contributed by atoms with Gasteiger partial charge in [0.1, 0.15) is 0 Å². The van der Waals surface area contributed by atoms with E-state index < -0.39 is 0 Å². The lowest BCUT2D eigenvalue weighted by Gasteiger charge is -2.22. The summed E-state index contributed by atoms with van der Waals surface area (Å²) >= 11 is 0. The first-order valence-electron chi connectivity index (χ1n) is 5.13. The van der Waals surface area contributed by atoms with Crippen molar-refractivity contribution in [1.29, 1.82) is 0 Å². The molecule has 0 N–H and O–H groups in total. The highest BCUT2D eigenvalue weighted by atomic mass is 15.1. The van der Waals surface area contributed by atoms with Crippen molar-refractivity contribution < 1.29 is 0 Å². The van der Waals surface area contributed by atoms with Crippen molar-refractivity contribution in [2.75, 3.05) is 18.5 Å². The summed E-state index contributed by atoms with van der Waals surface area (Å²) < 4.78 is 0. The molecule has 1 aromatic carbocycles. The van der Waals surface area contributed by atoms with E-state index in [9.17, 15) is 0 Å². The van der Waals surface area contributed by atoms with Gasteiger partial charge >= 0.3 is 0 Å². The molecule has 0 aliphatic carbocycles. The molecule has 0 bridgehead atoms. The Labute approximate surface area is 92.7 Å². The second kappa shape index (κ2) is 4.83. The van der Waals surface area contributed by atoms with E-state index in [1.165, 1.54) is 11.3 Å². The molecule has 1 aromatic rings. The zero-order chi connectivity index (χ0) is 11.4. The molecular formula is C14H19N. The molecule has 0 heterocycles. The molecule has 0 aliphatic rings. The van der Waals surface area contributed by atoms with Crippen LogP contribution < -0.4 is 4.90 Å². The summed E-state index contributed by atoms with van der Waals surface area (Å²) in [6, 6.07) is 8.36. The molecule has 1 heteroatoms. The Balaban J connectivity index is 2.78. The van der Waals surface area contributed by atoms with Gasteiger partial charge in [0.15, 0.2) is 0 Å². The third kappa shape index (κ3) is 2.98. The summed E-state index contributed by atoms with van der Waals surface area (Å²) in [4.78, 5) is 2.20. The predicted octanol–water partition coefficient (Wildman–Crippen LogP) is 3.56. The van der Waals surface area contributed by atoms with Crippen molar-refractivity contribution in [1.82, 2.24) is 0 Å². The second-order valence-electron chi connectivity index (χ2n) is 4.03. The SMILES string of the molecule is C=C(C)C(=C)CN(C)c1ccccc1C. The van der Waals surface area contributed by atoms with Gasteiger partial charge in [0.2, 0.25) is 0 Å². The fraction of sp³-hybridized carbons (Fsp3) is 0.286. The summed E-state index contributed by atoms with van der Waals surface area (Å²) in [6.45, 7) is 12.9. The fourth-order valence-corrected chi connectivity index (χ4v) is 1.50. The van der Waals surface area contributed by atoms with Crippen molar-refractivity contribution in [2.24, 2.45) is 0 Å². The van der Waals surface area contributed by atoms with Crippen LogP contribution in [0.4, 0.5) is 5.69 Å². The molecule has 1 nitrogen and oxygen atoms in total. The molecule has 0 amide bonds. The van der Waals surface area contributed by atoms with Crippen LogP contribution in [0.2, 0.25) is 0 Å². The van der Waals surface area contributed by atoms with E-state index in [-0.39, 0.29) is 0 Å². The molecule has 0 saturated heterocycles. The minimum Gasteiger partial charge on any atom is -0.370 e. The maximum Gasteiger partial charge on any atom is 0.0422 e. The predicted molar refractivity (Wildman–Crippen MR) is 68.4 cm³/mol. The third-order valence-corrected chi connectivity index (χ3v) is 2.56. The third-order valence-electron chi connectivity index (χ3n) is 2.56. The van der Waals surface area contributed by atoms with Crippen molar-refractivity contribution in [2.45, 2.75) is 13.8 Å². The number of anilines is 1. The molecule has 0 aliphatic heterocycles. The Morgan fingerprint density at radius 1 is 1.27 bits per heavy atom. The lowest BCUT2D eigenvalue weighted by Crippen LogP contribution is -2.20. The molecule has 0 saturated carbocycles. The number of likely N-dealkylation sites (N-methyl/N-ethyl adjacent to an activating group) is 1. The van der Waals surface area contributed by atoms with Gasteiger partial charge in [-0.15, -0.1) is 0 Å². The van der Waals surface area contributed by atoms with Crippen LogP contribution in [0.3, 0.4) is 0 Å². The van der Waals surface area contributed by atoms with E-state index in [1.807, 2.05) is 6.92 Å². The van der Waals surface area contributed by atoms with E-state index in [4.69, 9.17) is 0 Å². The first-order valence-corrected chi connectivity index (χ1v) is 5.13. The van der Waals surface area contributed by atoms with Crippen molar-refractivity contribution >= 4 is 5.69 Å². The smallest absolute Gasteiger partial charge is 0.0422 e. The van der Waals surface area contributed by atoms with Crippen LogP contribution in [0, 0.1) is 6.92 Å². The maximum atomic E-state index is 4.01. The monoisotopic (exact) mass is 201 g/mol. The van der Waals surface area contributed by atoms with Gasteiger partial charge in [0, 0.05) is 19.3 Å². The maximum absolute atomic E-state index is 4.01. The summed E-state index contributed by atoms with van der Waals surface area (Å²) in [5.41, 5.74) is 4.67. The van der Waals surface area contributed by atoms with E-state index in [0.29, 0.717) is 0 Å². The fourth-order valence-electron chi connectivity index (χ4n) is 1.50. The molecule has 80 valence electrons. The highest BCUT2D eigenvalue weighted by Crippen LogP contribution is 2.19. The number of hydrogen-bond acceptors (Lipinski definition) is 1. The number of aryl methyl sites for hydroxylation is 1. The Morgan fingerprint density at radius 2 is 1.87 bits per heavy atom. The van der Waals surface area contributed by atoms with Gasteiger partial charge in [-0.3, -0.25) is 0 Å². The number of benzene rings is 1. The van der Waals surface area contributed by atoms with E-state index in [2.05, 4.69) is 56.3 Å². The Morgan fingerprint density at radius 3 is 2.40 bits per heavy atom. The van der Waals surface area contributed by atoms with Crippen molar-refractivity contribution in [3.8, 4) is 0 Å². The first-order chi connectivity index (χ1) is 7.02. The standard InChI is InChI=1S/C14H19N/c1-11(2)13(4)10-15(5)14-9-7-6-8-12(14)3/h6-9H,1,4,10H2,2-3,5H3. The molecule has 0 fully saturated rings. The van der Waals surface area contributed by atoms with Gasteiger partial charge < -0.3 is 4.90 Å². The zero-order valence-electron chi connectivity index (χ0n) is 9.88. The van der Waals surface area contributed by atoms with Gasteiger partial charge in [-0.2, -0.15) is 0 Å². The molecule has 0 atom stereocenters. The molecular weight excluding hydrogens is 182 g/mol. The largest absolute Gasteiger partial charge is 0.370 e. The van der Waals surface area contributed by atoms with Gasteiger partial charge in [-0.1, -0.05) is 36.9 Å². The summed E-state index contributed by atoms with van der Waals surface area (Å²) in [7, 11) is 2.08. The summed E-state index contributed by atoms with van der Waals surface area (Å²) in [6.07, 6.45) is 0. The normalized spacial score (nSPS) is 9.80. The Kier molecular flexibility index (Phi) is 3.73. The average molecular weight is 201 g/mol. The van der Waals surface area contributed by atoms with Crippen LogP contribution in [0.1, 0.15) is 12.5 Å². The van der Waals surface area contributed by atoms with Crippen LogP contribution in [0.5, 0.6) is 0 Å². The highest BCUT2D eigenvalue weighted by Gasteiger charge is 2.05. The molecule has 0 spiro atoms. The summed E-state index contributed by atoms with van der Waals surface area (Å²) in [5.74, 6) is 0. The van der Waals surface area contributed by atoms with Crippen LogP contribution in [0.25, 0.3) is 0 Å². The average Bonchev–Trinajstić information content (AvgIpc) is 2.18. The lowest BCUT2D eigenvalue weighted by atomic mass is 10.1. The van der Waals surface area contributed by atoms with Crippen LogP contribution in [0.15, 0.2) is 48.6 Å². The number of para-hydroxylation sites is 1. The number of nitrogens with zero attached hydrogens (tertiary/aromatic N) is 1. The minimum absolute atomic E-state index is 0.834. The van der Waals surface area contributed by atoms with E-state index >= 15 is 0 Å². The topological polar surface area (TPSA) is 3.24 Å². The van der Waals surface area contributed by atoms with Crippen LogP contribution in [-0.4, -0.2) is 13.6 Å². The van der Waals surface area contributed by atoms with Gasteiger partial charge in [-0.05, 0) is 31.1 Å². The number of hydrogen-bond donors (Lipinski definition) is 0. The Bertz CT molecular complexity index is 377. The van der Waals surface area contributed by atoms with Gasteiger partial charge in [0.25, 0.3) is 0 Å². The molecule has 1 rings (SSSR count). The molecule has 0 aromatic heterocycles. The first kappa shape index (κ1) is 11.6.